The number of hydrogen-bond donors (Lipinski definition) is 1. The normalized spacial score (nSPS) is 18.2. The molecule has 1 fully saturated rings. The van der Waals surface area contributed by atoms with Crippen molar-refractivity contribution < 1.29 is 12.8 Å². The maximum Gasteiger partial charge on any atom is 0.243 e. The van der Waals surface area contributed by atoms with Gasteiger partial charge in [-0.25, -0.2) is 12.8 Å². The predicted molar refractivity (Wildman–Crippen MR) is 71.5 cm³/mol. The Morgan fingerprint density at radius 2 is 1.79 bits per heavy atom. The Hall–Kier alpha value is -0.980. The van der Waals surface area contributed by atoms with Gasteiger partial charge in [0.25, 0.3) is 0 Å². The summed E-state index contributed by atoms with van der Waals surface area (Å²) in [6, 6.07) is 4.09. The van der Waals surface area contributed by atoms with Gasteiger partial charge in [0.1, 0.15) is 5.82 Å². The summed E-state index contributed by atoms with van der Waals surface area (Å²) < 4.78 is 40.3. The van der Waals surface area contributed by atoms with E-state index in [0.29, 0.717) is 13.1 Å². The fraction of sp³-hybridized carbons (Fsp3) is 0.538. The van der Waals surface area contributed by atoms with E-state index in [2.05, 4.69) is 0 Å². The van der Waals surface area contributed by atoms with Crippen molar-refractivity contribution in [3.05, 3.63) is 29.6 Å². The molecule has 1 aliphatic heterocycles. The summed E-state index contributed by atoms with van der Waals surface area (Å²) in [7, 11) is -3.64. The van der Waals surface area contributed by atoms with Gasteiger partial charge in [0.15, 0.2) is 0 Å². The molecule has 1 heterocycles. The van der Waals surface area contributed by atoms with E-state index in [0.717, 1.165) is 25.7 Å². The number of benzene rings is 1. The Balaban J connectivity index is 2.41. The smallest absolute Gasteiger partial charge is 0.243 e. The maximum absolute atomic E-state index is 13.7. The summed E-state index contributed by atoms with van der Waals surface area (Å²) in [6.45, 7) is 0.890. The molecular formula is C13H19FN2O2S. The minimum atomic E-state index is -3.64. The highest BCUT2D eigenvalue weighted by molar-refractivity contribution is 7.89. The summed E-state index contributed by atoms with van der Waals surface area (Å²) in [6.07, 6.45) is 3.79. The lowest BCUT2D eigenvalue weighted by molar-refractivity contribution is 0.422. The van der Waals surface area contributed by atoms with Gasteiger partial charge >= 0.3 is 0 Å². The molecule has 2 rings (SSSR count). The molecular weight excluding hydrogens is 267 g/mol. The number of hydrogen-bond acceptors (Lipinski definition) is 3. The second-order valence-corrected chi connectivity index (χ2v) is 6.65. The second kappa shape index (κ2) is 5.98. The van der Waals surface area contributed by atoms with Gasteiger partial charge in [0.2, 0.25) is 10.0 Å². The third-order valence-corrected chi connectivity index (χ3v) is 5.45. The van der Waals surface area contributed by atoms with Crippen LogP contribution in [-0.2, 0) is 16.6 Å². The number of halogens is 1. The Labute approximate surface area is 113 Å². The third-order valence-electron chi connectivity index (χ3n) is 3.46. The Kier molecular flexibility index (Phi) is 4.54. The fourth-order valence-corrected chi connectivity index (χ4v) is 4.16. The molecule has 19 heavy (non-hydrogen) atoms. The Morgan fingerprint density at radius 3 is 2.37 bits per heavy atom. The molecule has 106 valence electrons. The van der Waals surface area contributed by atoms with E-state index < -0.39 is 15.8 Å². The molecule has 0 bridgehead atoms. The van der Waals surface area contributed by atoms with Crippen LogP contribution in [0.3, 0.4) is 0 Å². The first-order valence-corrected chi connectivity index (χ1v) is 7.99. The van der Waals surface area contributed by atoms with Crippen molar-refractivity contribution in [1.29, 1.82) is 0 Å². The van der Waals surface area contributed by atoms with Gasteiger partial charge in [-0.15, -0.1) is 0 Å². The summed E-state index contributed by atoms with van der Waals surface area (Å²) in [5.74, 6) is -0.557. The van der Waals surface area contributed by atoms with Gasteiger partial charge in [-0.1, -0.05) is 18.9 Å². The number of nitrogens with zero attached hydrogens (tertiary/aromatic N) is 1. The fourth-order valence-electron chi connectivity index (χ4n) is 2.40. The molecule has 0 amide bonds. The molecule has 1 aromatic rings. The molecule has 6 heteroatoms. The standard InChI is InChI=1S/C13H19FN2O2S/c14-12-6-5-7-13(11(12)10-15)19(17,18)16-8-3-1-2-4-9-16/h5-7H,1-4,8-10,15H2. The summed E-state index contributed by atoms with van der Waals surface area (Å²) in [5.41, 5.74) is 5.56. The van der Waals surface area contributed by atoms with Crippen LogP contribution in [0.5, 0.6) is 0 Å². The Bertz CT molecular complexity index is 538. The van der Waals surface area contributed by atoms with Gasteiger partial charge in [-0.3, -0.25) is 0 Å². The van der Waals surface area contributed by atoms with Crippen molar-refractivity contribution in [3.8, 4) is 0 Å². The third kappa shape index (κ3) is 2.96. The van der Waals surface area contributed by atoms with Crippen molar-refractivity contribution in [2.75, 3.05) is 13.1 Å². The largest absolute Gasteiger partial charge is 0.326 e. The van der Waals surface area contributed by atoms with Crippen LogP contribution in [0.15, 0.2) is 23.1 Å². The average Bonchev–Trinajstić information content (AvgIpc) is 2.67. The molecule has 1 aliphatic rings. The van der Waals surface area contributed by atoms with E-state index in [1.165, 1.54) is 22.5 Å². The van der Waals surface area contributed by atoms with Crippen LogP contribution >= 0.6 is 0 Å². The van der Waals surface area contributed by atoms with Crippen molar-refractivity contribution in [2.45, 2.75) is 37.1 Å². The van der Waals surface area contributed by atoms with Crippen molar-refractivity contribution in [1.82, 2.24) is 4.31 Å². The average molecular weight is 286 g/mol. The van der Waals surface area contributed by atoms with E-state index >= 15 is 0 Å². The summed E-state index contributed by atoms with van der Waals surface area (Å²) in [4.78, 5) is 0.0110. The number of rotatable bonds is 3. The minimum absolute atomic E-state index is 0.0110. The molecule has 0 aliphatic carbocycles. The molecule has 1 aromatic carbocycles. The van der Waals surface area contributed by atoms with Gasteiger partial charge in [-0.2, -0.15) is 4.31 Å². The minimum Gasteiger partial charge on any atom is -0.326 e. The van der Waals surface area contributed by atoms with Crippen LogP contribution in [-0.4, -0.2) is 25.8 Å². The molecule has 0 spiro atoms. The highest BCUT2D eigenvalue weighted by Gasteiger charge is 2.28. The zero-order valence-electron chi connectivity index (χ0n) is 10.8. The van der Waals surface area contributed by atoms with Crippen molar-refractivity contribution in [2.24, 2.45) is 5.73 Å². The van der Waals surface area contributed by atoms with Gasteiger partial charge < -0.3 is 5.73 Å². The highest BCUT2D eigenvalue weighted by Crippen LogP contribution is 2.24. The van der Waals surface area contributed by atoms with Crippen LogP contribution < -0.4 is 5.73 Å². The van der Waals surface area contributed by atoms with Crippen LogP contribution in [0.2, 0.25) is 0 Å². The number of nitrogens with two attached hydrogens (primary N) is 1. The lowest BCUT2D eigenvalue weighted by Crippen LogP contribution is -2.33. The van der Waals surface area contributed by atoms with Crippen molar-refractivity contribution in [3.63, 3.8) is 0 Å². The number of sulfonamides is 1. The van der Waals surface area contributed by atoms with Crippen LogP contribution in [0.25, 0.3) is 0 Å². The maximum atomic E-state index is 13.7. The quantitative estimate of drug-likeness (QED) is 0.922. The molecule has 2 N–H and O–H groups in total. The van der Waals surface area contributed by atoms with E-state index in [-0.39, 0.29) is 17.0 Å². The van der Waals surface area contributed by atoms with Crippen LogP contribution in [0.1, 0.15) is 31.2 Å². The van der Waals surface area contributed by atoms with Crippen LogP contribution in [0.4, 0.5) is 4.39 Å². The SMILES string of the molecule is NCc1c(F)cccc1S(=O)(=O)N1CCCCCC1. The van der Waals surface area contributed by atoms with E-state index in [4.69, 9.17) is 5.73 Å². The summed E-state index contributed by atoms with van der Waals surface area (Å²) in [5, 5.41) is 0. The second-order valence-electron chi connectivity index (χ2n) is 4.74. The lowest BCUT2D eigenvalue weighted by atomic mass is 10.2. The highest BCUT2D eigenvalue weighted by atomic mass is 32.2. The molecule has 0 radical (unpaired) electrons. The first-order chi connectivity index (χ1) is 9.07. The zero-order chi connectivity index (χ0) is 13.9. The molecule has 0 atom stereocenters. The predicted octanol–water partition coefficient (Wildman–Crippen LogP) is 1.85. The topological polar surface area (TPSA) is 63.4 Å². The van der Waals surface area contributed by atoms with Gasteiger partial charge in [-0.05, 0) is 25.0 Å². The lowest BCUT2D eigenvalue weighted by Gasteiger charge is -2.21. The van der Waals surface area contributed by atoms with Crippen molar-refractivity contribution >= 4 is 10.0 Å². The van der Waals surface area contributed by atoms with Crippen LogP contribution in [0, 0.1) is 5.82 Å². The summed E-state index contributed by atoms with van der Waals surface area (Å²) >= 11 is 0. The first-order valence-electron chi connectivity index (χ1n) is 6.55. The Morgan fingerprint density at radius 1 is 1.16 bits per heavy atom. The molecule has 0 aromatic heterocycles. The van der Waals surface area contributed by atoms with E-state index in [1.807, 2.05) is 0 Å². The van der Waals surface area contributed by atoms with E-state index in [9.17, 15) is 12.8 Å². The first kappa shape index (κ1) is 14.4. The monoisotopic (exact) mass is 286 g/mol. The molecule has 1 saturated heterocycles. The van der Waals surface area contributed by atoms with Gasteiger partial charge in [0.05, 0.1) is 4.90 Å². The molecule has 0 unspecified atom stereocenters. The van der Waals surface area contributed by atoms with Gasteiger partial charge in [0, 0.05) is 25.2 Å². The zero-order valence-corrected chi connectivity index (χ0v) is 11.6. The molecule has 0 saturated carbocycles. The van der Waals surface area contributed by atoms with E-state index in [1.54, 1.807) is 0 Å². The molecule has 4 nitrogen and oxygen atoms in total.